The van der Waals surface area contributed by atoms with E-state index >= 15 is 0 Å². The molecule has 3 fully saturated rings. The summed E-state index contributed by atoms with van der Waals surface area (Å²) in [6.07, 6.45) is 7.31. The molecule has 0 radical (unpaired) electrons. The molecule has 2 aromatic rings. The predicted molar refractivity (Wildman–Crippen MR) is 118 cm³/mol. The van der Waals surface area contributed by atoms with Gasteiger partial charge in [-0.25, -0.2) is 4.98 Å². The summed E-state index contributed by atoms with van der Waals surface area (Å²) in [6.45, 7) is 5.68. The van der Waals surface area contributed by atoms with Crippen LogP contribution in [0.1, 0.15) is 52.3 Å². The van der Waals surface area contributed by atoms with Crippen molar-refractivity contribution in [3.05, 3.63) is 45.9 Å². The molecule has 6 nitrogen and oxygen atoms in total. The number of amides is 2. The Labute approximate surface area is 181 Å². The van der Waals surface area contributed by atoms with Crippen LogP contribution >= 0.6 is 11.3 Å². The topological polar surface area (TPSA) is 65.5 Å². The van der Waals surface area contributed by atoms with E-state index in [9.17, 15) is 9.59 Å². The molecular formula is C23H28N4O2S. The molecule has 0 unspecified atom stereocenters. The number of carbonyl (C=O) groups is 2. The fourth-order valence-corrected chi connectivity index (χ4v) is 5.53. The zero-order valence-corrected chi connectivity index (χ0v) is 18.2. The van der Waals surface area contributed by atoms with Crippen molar-refractivity contribution in [2.24, 2.45) is 5.92 Å². The van der Waals surface area contributed by atoms with Crippen molar-refractivity contribution in [3.8, 4) is 0 Å². The van der Waals surface area contributed by atoms with Gasteiger partial charge < -0.3 is 10.2 Å². The maximum atomic E-state index is 13.2. The molecule has 3 aliphatic rings. The average molecular weight is 425 g/mol. The summed E-state index contributed by atoms with van der Waals surface area (Å²) in [4.78, 5) is 35.3. The van der Waals surface area contributed by atoms with Crippen LogP contribution in [0.5, 0.6) is 0 Å². The molecular weight excluding hydrogens is 396 g/mol. The largest absolute Gasteiger partial charge is 0.337 e. The van der Waals surface area contributed by atoms with E-state index in [-0.39, 0.29) is 23.3 Å². The molecule has 5 rings (SSSR count). The molecule has 2 aliphatic heterocycles. The predicted octanol–water partition coefficient (Wildman–Crippen LogP) is 3.68. The van der Waals surface area contributed by atoms with Gasteiger partial charge in [0.2, 0.25) is 5.91 Å². The number of carbonyl (C=O) groups excluding carboxylic acids is 2. The Kier molecular flexibility index (Phi) is 5.11. The number of anilines is 1. The van der Waals surface area contributed by atoms with E-state index < -0.39 is 0 Å². The summed E-state index contributed by atoms with van der Waals surface area (Å²) in [5.41, 5.74) is 1.58. The lowest BCUT2D eigenvalue weighted by Gasteiger charge is -2.57. The Morgan fingerprint density at radius 3 is 2.63 bits per heavy atom. The van der Waals surface area contributed by atoms with Crippen molar-refractivity contribution in [2.45, 2.75) is 51.1 Å². The van der Waals surface area contributed by atoms with Crippen LogP contribution in [0.4, 0.5) is 5.69 Å². The van der Waals surface area contributed by atoms with Crippen LogP contribution in [0.15, 0.2) is 30.5 Å². The smallest absolute Gasteiger partial charge is 0.253 e. The third-order valence-corrected chi connectivity index (χ3v) is 7.62. The number of piperidine rings is 1. The van der Waals surface area contributed by atoms with Gasteiger partial charge in [-0.05, 0) is 63.3 Å². The fourth-order valence-electron chi connectivity index (χ4n) is 4.72. The maximum absolute atomic E-state index is 13.2. The first-order valence-electron chi connectivity index (χ1n) is 10.9. The number of rotatable bonds is 5. The number of nitrogens with one attached hydrogen (secondary N) is 1. The number of thiazole rings is 1. The fraction of sp³-hybridized carbons (Fsp3) is 0.522. The van der Waals surface area contributed by atoms with Crippen LogP contribution in [0.2, 0.25) is 0 Å². The number of likely N-dealkylation sites (tertiary alicyclic amines) is 2. The summed E-state index contributed by atoms with van der Waals surface area (Å²) >= 11 is 1.76. The lowest BCUT2D eigenvalue weighted by Crippen LogP contribution is -2.66. The van der Waals surface area contributed by atoms with E-state index in [2.05, 4.69) is 15.2 Å². The van der Waals surface area contributed by atoms with Gasteiger partial charge in [0.05, 0.1) is 5.01 Å². The highest BCUT2D eigenvalue weighted by atomic mass is 32.1. The lowest BCUT2D eigenvalue weighted by atomic mass is 9.77. The number of aryl methyl sites for hydroxylation is 1. The van der Waals surface area contributed by atoms with Gasteiger partial charge in [0.1, 0.15) is 0 Å². The maximum Gasteiger partial charge on any atom is 0.253 e. The molecule has 2 saturated heterocycles. The molecule has 1 N–H and O–H groups in total. The van der Waals surface area contributed by atoms with Crippen LogP contribution in [-0.4, -0.2) is 51.8 Å². The highest BCUT2D eigenvalue weighted by Crippen LogP contribution is 2.40. The third-order valence-electron chi connectivity index (χ3n) is 6.72. The van der Waals surface area contributed by atoms with Crippen LogP contribution in [-0.2, 0) is 11.3 Å². The van der Waals surface area contributed by atoms with Gasteiger partial charge in [0.25, 0.3) is 5.91 Å². The molecule has 1 aromatic heterocycles. The number of hydrogen-bond donors (Lipinski definition) is 1. The SMILES string of the molecule is Cc1ncc(CN2CC[C@@]23CCCN(C(=O)c2ccc(NC(=O)C4CC4)cc2)C3)s1. The van der Waals surface area contributed by atoms with Crippen molar-refractivity contribution in [3.63, 3.8) is 0 Å². The van der Waals surface area contributed by atoms with Crippen molar-refractivity contribution < 1.29 is 9.59 Å². The zero-order valence-electron chi connectivity index (χ0n) is 17.4. The standard InChI is InChI=1S/C23H28N4O2S/c1-16-24-13-20(30-16)14-27-12-10-23(27)9-2-11-26(15-23)22(29)18-5-7-19(8-6-18)25-21(28)17-3-4-17/h5-8,13,17H,2-4,9-12,14-15H2,1H3,(H,25,28)/t23-/m1/s1. The highest BCUT2D eigenvalue weighted by molar-refractivity contribution is 7.11. The van der Waals surface area contributed by atoms with Crippen molar-refractivity contribution >= 4 is 28.8 Å². The Bertz CT molecular complexity index is 952. The molecule has 3 heterocycles. The summed E-state index contributed by atoms with van der Waals surface area (Å²) in [5, 5.41) is 4.05. The Hall–Kier alpha value is -2.25. The van der Waals surface area contributed by atoms with Gasteiger partial charge >= 0.3 is 0 Å². The molecule has 1 spiro atoms. The van der Waals surface area contributed by atoms with E-state index in [1.54, 1.807) is 11.3 Å². The van der Waals surface area contributed by atoms with Crippen LogP contribution in [0.25, 0.3) is 0 Å². The number of benzene rings is 1. The van der Waals surface area contributed by atoms with Crippen molar-refractivity contribution in [2.75, 3.05) is 25.0 Å². The molecule has 1 saturated carbocycles. The number of nitrogens with zero attached hydrogens (tertiary/aromatic N) is 3. The minimum absolute atomic E-state index is 0.0910. The van der Waals surface area contributed by atoms with E-state index in [0.29, 0.717) is 5.56 Å². The van der Waals surface area contributed by atoms with Crippen LogP contribution in [0.3, 0.4) is 0 Å². The molecule has 158 valence electrons. The van der Waals surface area contributed by atoms with E-state index in [4.69, 9.17) is 0 Å². The first-order valence-corrected chi connectivity index (χ1v) is 11.7. The Balaban J connectivity index is 1.23. The molecule has 0 bridgehead atoms. The first kappa shape index (κ1) is 19.7. The average Bonchev–Trinajstić information content (AvgIpc) is 3.53. The van der Waals surface area contributed by atoms with Crippen molar-refractivity contribution in [1.29, 1.82) is 0 Å². The third kappa shape index (κ3) is 3.88. The second kappa shape index (κ2) is 7.78. The minimum atomic E-state index is 0.0910. The van der Waals surface area contributed by atoms with E-state index in [1.165, 1.54) is 4.88 Å². The van der Waals surface area contributed by atoms with Crippen molar-refractivity contribution in [1.82, 2.24) is 14.8 Å². The number of aromatic nitrogens is 1. The van der Waals surface area contributed by atoms with Gasteiger partial charge in [-0.2, -0.15) is 0 Å². The molecule has 1 aromatic carbocycles. The number of hydrogen-bond acceptors (Lipinski definition) is 5. The van der Waals surface area contributed by atoms with Crippen LogP contribution < -0.4 is 5.32 Å². The molecule has 1 aliphatic carbocycles. The molecule has 1 atom stereocenters. The molecule has 2 amide bonds. The minimum Gasteiger partial charge on any atom is -0.337 e. The van der Waals surface area contributed by atoms with Gasteiger partial charge in [0.15, 0.2) is 0 Å². The van der Waals surface area contributed by atoms with E-state index in [1.807, 2.05) is 42.3 Å². The zero-order chi connectivity index (χ0) is 20.7. The quantitative estimate of drug-likeness (QED) is 0.795. The second-order valence-electron chi connectivity index (χ2n) is 8.91. The lowest BCUT2D eigenvalue weighted by molar-refractivity contribution is -0.117. The first-order chi connectivity index (χ1) is 14.5. The highest BCUT2D eigenvalue weighted by Gasteiger charge is 2.48. The monoisotopic (exact) mass is 424 g/mol. The Morgan fingerprint density at radius 1 is 1.20 bits per heavy atom. The van der Waals surface area contributed by atoms with Gasteiger partial charge in [0, 0.05) is 60.0 Å². The van der Waals surface area contributed by atoms with Gasteiger partial charge in [-0.15, -0.1) is 11.3 Å². The molecule has 7 heteroatoms. The Morgan fingerprint density at radius 2 is 2.00 bits per heavy atom. The summed E-state index contributed by atoms with van der Waals surface area (Å²) in [7, 11) is 0. The normalized spacial score (nSPS) is 24.0. The van der Waals surface area contributed by atoms with Gasteiger partial charge in [-0.3, -0.25) is 14.5 Å². The van der Waals surface area contributed by atoms with E-state index in [0.717, 1.165) is 69.0 Å². The summed E-state index contributed by atoms with van der Waals surface area (Å²) in [6, 6.07) is 7.36. The second-order valence-corrected chi connectivity index (χ2v) is 10.2. The van der Waals surface area contributed by atoms with Crippen LogP contribution in [0, 0.1) is 12.8 Å². The summed E-state index contributed by atoms with van der Waals surface area (Å²) < 4.78 is 0. The molecule has 30 heavy (non-hydrogen) atoms. The summed E-state index contributed by atoms with van der Waals surface area (Å²) in [5.74, 6) is 0.359. The van der Waals surface area contributed by atoms with Gasteiger partial charge in [-0.1, -0.05) is 0 Å².